The van der Waals surface area contributed by atoms with Crippen LogP contribution in [0.25, 0.3) is 116 Å². The summed E-state index contributed by atoms with van der Waals surface area (Å²) in [4.78, 5) is 11.3. The predicted molar refractivity (Wildman–Crippen MR) is 308 cm³/mol. The number of pyridine rings is 2. The standard InChI is InChI=1S/C68H43N3SSi/c1-3-19-45(20-4-1)73(46-21-5-2-6-22-46,65-43-62-53-28-12-9-25-50(53)58-31-17-39-69-66(58)67-59(68(62)72-65)32-18-40-70-67)47-36-38-55-54-37-35-44(71-63-33-15-13-29-56(63)57-30-14-16-34-64(57)71)41-60(54)51-26-10-7-23-48(51)49-24-8-11-27-52(49)61(55)42-47/h1-43H. The van der Waals surface area contributed by atoms with Gasteiger partial charge in [0.2, 0.25) is 0 Å². The molecule has 2 aliphatic rings. The van der Waals surface area contributed by atoms with Gasteiger partial charge in [0.1, 0.15) is 0 Å². The second kappa shape index (κ2) is 16.5. The van der Waals surface area contributed by atoms with E-state index < -0.39 is 8.07 Å². The fourth-order valence-electron chi connectivity index (χ4n) is 12.3. The van der Waals surface area contributed by atoms with E-state index in [0.29, 0.717) is 0 Å². The van der Waals surface area contributed by atoms with E-state index in [1.165, 1.54) is 102 Å². The maximum Gasteiger partial charge on any atom is 0.191 e. The van der Waals surface area contributed by atoms with E-state index in [1.807, 2.05) is 29.8 Å². The maximum absolute atomic E-state index is 5.10. The average Bonchev–Trinajstić information content (AvgIpc) is 4.05. The average molecular weight is 962 g/mol. The molecule has 0 N–H and O–H groups in total. The van der Waals surface area contributed by atoms with Gasteiger partial charge in [-0.3, -0.25) is 9.97 Å². The van der Waals surface area contributed by atoms with E-state index >= 15 is 0 Å². The number of thiophene rings is 1. The van der Waals surface area contributed by atoms with E-state index in [-0.39, 0.29) is 0 Å². The molecule has 13 aromatic rings. The summed E-state index contributed by atoms with van der Waals surface area (Å²) in [7, 11) is -3.16. The first-order valence-corrected chi connectivity index (χ1v) is 27.8. The van der Waals surface area contributed by atoms with Crippen LogP contribution in [0.5, 0.6) is 0 Å². The Labute approximate surface area is 428 Å². The molecule has 0 saturated carbocycles. The minimum atomic E-state index is -3.16. The zero-order valence-corrected chi connectivity index (χ0v) is 41.4. The van der Waals surface area contributed by atoms with Gasteiger partial charge in [0, 0.05) is 54.9 Å². The van der Waals surface area contributed by atoms with Crippen LogP contribution in [0, 0.1) is 0 Å². The molecule has 73 heavy (non-hydrogen) atoms. The lowest BCUT2D eigenvalue weighted by atomic mass is 9.81. The highest BCUT2D eigenvalue weighted by molar-refractivity contribution is 7.38. The third kappa shape index (κ3) is 6.23. The van der Waals surface area contributed by atoms with Crippen LogP contribution in [0.1, 0.15) is 0 Å². The third-order valence-corrected chi connectivity index (χ3v) is 22.1. The summed E-state index contributed by atoms with van der Waals surface area (Å²) in [5, 5.41) is 6.51. The molecule has 0 radical (unpaired) electrons. The number of benzene rings is 9. The monoisotopic (exact) mass is 961 g/mol. The number of hydrogen-bond donors (Lipinski definition) is 0. The first kappa shape index (κ1) is 41.7. The Morgan fingerprint density at radius 1 is 0.301 bits per heavy atom. The largest absolute Gasteiger partial charge is 0.309 e. The second-order valence-corrected chi connectivity index (χ2v) is 24.3. The Balaban J connectivity index is 1.03. The summed E-state index contributed by atoms with van der Waals surface area (Å²) in [6.45, 7) is 0. The maximum atomic E-state index is 5.10. The fourth-order valence-corrected chi connectivity index (χ4v) is 19.5. The smallest absolute Gasteiger partial charge is 0.191 e. The molecule has 340 valence electrons. The normalized spacial score (nSPS) is 12.1. The van der Waals surface area contributed by atoms with E-state index in [1.54, 1.807) is 0 Å². The van der Waals surface area contributed by atoms with E-state index in [4.69, 9.17) is 9.97 Å². The van der Waals surface area contributed by atoms with E-state index in [2.05, 4.69) is 247 Å². The number of fused-ring (bicyclic) bond motifs is 19. The molecule has 0 unspecified atom stereocenters. The topological polar surface area (TPSA) is 30.7 Å². The van der Waals surface area contributed by atoms with Crippen LogP contribution in [-0.2, 0) is 0 Å². The van der Waals surface area contributed by atoms with Gasteiger partial charge < -0.3 is 4.57 Å². The minimum Gasteiger partial charge on any atom is -0.309 e. The van der Waals surface area contributed by atoms with Crippen molar-refractivity contribution in [1.82, 2.24) is 14.5 Å². The molecule has 0 aliphatic heterocycles. The fraction of sp³-hybridized carbons (Fsp3) is 0. The molecule has 2 aliphatic carbocycles. The van der Waals surface area contributed by atoms with Crippen molar-refractivity contribution in [3.05, 3.63) is 261 Å². The molecule has 15 rings (SSSR count). The van der Waals surface area contributed by atoms with Crippen molar-refractivity contribution in [3.63, 3.8) is 0 Å². The Bertz CT molecular complexity index is 4160. The van der Waals surface area contributed by atoms with Crippen molar-refractivity contribution in [2.75, 3.05) is 0 Å². The highest BCUT2D eigenvalue weighted by atomic mass is 32.1. The minimum absolute atomic E-state index is 0.908. The summed E-state index contributed by atoms with van der Waals surface area (Å²) in [6.07, 6.45) is 3.80. The molecule has 0 amide bonds. The predicted octanol–water partition coefficient (Wildman–Crippen LogP) is 15.0. The summed E-state index contributed by atoms with van der Waals surface area (Å²) >= 11 is 1.93. The molecule has 4 aromatic heterocycles. The first-order chi connectivity index (χ1) is 36.2. The molecule has 4 heterocycles. The highest BCUT2D eigenvalue weighted by Crippen LogP contribution is 2.50. The lowest BCUT2D eigenvalue weighted by Crippen LogP contribution is -2.74. The zero-order valence-electron chi connectivity index (χ0n) is 39.6. The van der Waals surface area contributed by atoms with Gasteiger partial charge in [0.05, 0.1) is 22.4 Å². The summed E-state index contributed by atoms with van der Waals surface area (Å²) in [5.41, 5.74) is 20.9. The van der Waals surface area contributed by atoms with Gasteiger partial charge in [-0.15, -0.1) is 11.3 Å². The first-order valence-electron chi connectivity index (χ1n) is 25.0. The molecular weight excluding hydrogens is 919 g/mol. The molecule has 0 saturated heterocycles. The van der Waals surface area contributed by atoms with Crippen molar-refractivity contribution in [2.45, 2.75) is 0 Å². The van der Waals surface area contributed by atoms with E-state index in [9.17, 15) is 0 Å². The highest BCUT2D eigenvalue weighted by Gasteiger charge is 2.45. The molecule has 0 bridgehead atoms. The third-order valence-electron chi connectivity index (χ3n) is 15.4. The Morgan fingerprint density at radius 2 is 0.726 bits per heavy atom. The van der Waals surface area contributed by atoms with Gasteiger partial charge in [0.25, 0.3) is 0 Å². The van der Waals surface area contributed by atoms with Gasteiger partial charge >= 0.3 is 0 Å². The van der Waals surface area contributed by atoms with Crippen molar-refractivity contribution in [3.8, 4) is 94.3 Å². The molecule has 0 fully saturated rings. The second-order valence-electron chi connectivity index (χ2n) is 19.1. The van der Waals surface area contributed by atoms with Crippen molar-refractivity contribution in [1.29, 1.82) is 0 Å². The van der Waals surface area contributed by atoms with Crippen LogP contribution in [0.3, 0.4) is 0 Å². The quantitative estimate of drug-likeness (QED) is 0.127. The van der Waals surface area contributed by atoms with Gasteiger partial charge in [0.15, 0.2) is 8.07 Å². The SMILES string of the molecule is c1ccc([Si](c2ccccc2)(c2ccc3c(c2)-c2ccccc2-c2ccccc2-c2cc(-n4c5ccccc5c5ccccc54)ccc2-3)c2cc3c(s2)-c2cccnc2-c2ncccc2-c2ccccc2-3)cc1. The van der Waals surface area contributed by atoms with Crippen molar-refractivity contribution in [2.24, 2.45) is 0 Å². The van der Waals surface area contributed by atoms with Gasteiger partial charge in [-0.2, -0.15) is 0 Å². The lowest BCUT2D eigenvalue weighted by molar-refractivity contribution is 1.18. The van der Waals surface area contributed by atoms with Gasteiger partial charge in [-0.1, -0.05) is 200 Å². The van der Waals surface area contributed by atoms with Crippen LogP contribution in [0.2, 0.25) is 0 Å². The van der Waals surface area contributed by atoms with E-state index in [0.717, 1.165) is 33.8 Å². The van der Waals surface area contributed by atoms with Crippen molar-refractivity contribution >= 4 is 61.3 Å². The van der Waals surface area contributed by atoms with Gasteiger partial charge in [-0.25, -0.2) is 0 Å². The Morgan fingerprint density at radius 3 is 1.32 bits per heavy atom. The number of nitrogens with zero attached hydrogens (tertiary/aromatic N) is 3. The summed E-state index contributed by atoms with van der Waals surface area (Å²) < 4.78 is 3.80. The number of aromatic nitrogens is 3. The van der Waals surface area contributed by atoms with Crippen LogP contribution in [0.4, 0.5) is 0 Å². The molecular formula is C68H43N3SSi. The molecule has 9 aromatic carbocycles. The van der Waals surface area contributed by atoms with Gasteiger partial charge in [-0.05, 0) is 120 Å². The van der Waals surface area contributed by atoms with Crippen LogP contribution < -0.4 is 20.1 Å². The molecule has 3 nitrogen and oxygen atoms in total. The molecule has 0 spiro atoms. The van der Waals surface area contributed by atoms with Crippen molar-refractivity contribution < 1.29 is 0 Å². The Kier molecular flexibility index (Phi) is 9.46. The van der Waals surface area contributed by atoms with Crippen LogP contribution in [0.15, 0.2) is 261 Å². The summed E-state index contributed by atoms with van der Waals surface area (Å²) in [5.74, 6) is 0. The van der Waals surface area contributed by atoms with Crippen LogP contribution >= 0.6 is 11.3 Å². The number of rotatable bonds is 5. The number of hydrogen-bond acceptors (Lipinski definition) is 3. The van der Waals surface area contributed by atoms with Crippen LogP contribution in [-0.4, -0.2) is 22.6 Å². The Hall–Kier alpha value is -9.00. The summed E-state index contributed by atoms with van der Waals surface area (Å²) in [6, 6.07) is 93.0. The number of para-hydroxylation sites is 2. The lowest BCUT2D eigenvalue weighted by Gasteiger charge is -2.34. The zero-order chi connectivity index (χ0) is 48.0. The molecule has 5 heteroatoms. The molecule has 0 atom stereocenters.